The number of piperazine rings is 1. The molecule has 34 heavy (non-hydrogen) atoms. The zero-order chi connectivity index (χ0) is 23.8. The van der Waals surface area contributed by atoms with Gasteiger partial charge < -0.3 is 20.1 Å². The van der Waals surface area contributed by atoms with E-state index in [2.05, 4.69) is 83.5 Å². The van der Waals surface area contributed by atoms with Gasteiger partial charge in [-0.2, -0.15) is 0 Å². The van der Waals surface area contributed by atoms with Crippen LogP contribution in [-0.2, 0) is 7.05 Å². The number of piperidine rings is 1. The van der Waals surface area contributed by atoms with Gasteiger partial charge in [0.15, 0.2) is 0 Å². The highest BCUT2D eigenvalue weighted by atomic mass is 15.3. The highest BCUT2D eigenvalue weighted by Crippen LogP contribution is 2.35. The molecule has 6 nitrogen and oxygen atoms in total. The van der Waals surface area contributed by atoms with Crippen molar-refractivity contribution in [3.05, 3.63) is 42.2 Å². The third-order valence-corrected chi connectivity index (χ3v) is 8.09. The predicted octanol–water partition coefficient (Wildman–Crippen LogP) is 4.25. The molecule has 2 saturated heterocycles. The van der Waals surface area contributed by atoms with Crippen LogP contribution in [0.1, 0.15) is 32.5 Å². The summed E-state index contributed by atoms with van der Waals surface area (Å²) in [6.45, 7) is 14.1. The zero-order valence-electron chi connectivity index (χ0n) is 21.3. The van der Waals surface area contributed by atoms with Gasteiger partial charge >= 0.3 is 0 Å². The molecule has 2 aromatic carbocycles. The van der Waals surface area contributed by atoms with Crippen molar-refractivity contribution in [1.82, 2.24) is 14.5 Å². The molecular formula is C28H40N6. The fraction of sp³-hybridized carbons (Fsp3) is 0.536. The van der Waals surface area contributed by atoms with Crippen LogP contribution in [0.15, 0.2) is 36.4 Å². The van der Waals surface area contributed by atoms with Crippen molar-refractivity contribution < 1.29 is 0 Å². The molecule has 0 atom stereocenters. The molecule has 2 aliphatic rings. The largest absolute Gasteiger partial charge is 0.370 e. The van der Waals surface area contributed by atoms with E-state index in [-0.39, 0.29) is 0 Å². The fourth-order valence-electron chi connectivity index (χ4n) is 5.56. The fourth-order valence-corrected chi connectivity index (χ4v) is 5.56. The molecule has 2 N–H and O–H groups in total. The smallest absolute Gasteiger partial charge is 0.112 e. The number of rotatable bonds is 5. The van der Waals surface area contributed by atoms with Crippen LogP contribution in [-0.4, -0.2) is 66.3 Å². The number of anilines is 2. The van der Waals surface area contributed by atoms with Crippen LogP contribution < -0.4 is 15.5 Å². The van der Waals surface area contributed by atoms with E-state index >= 15 is 0 Å². The first-order chi connectivity index (χ1) is 16.4. The number of fused-ring (bicyclic) bond motifs is 1. The number of hydrogen-bond acceptors (Lipinski definition) is 5. The monoisotopic (exact) mass is 460 g/mol. The van der Waals surface area contributed by atoms with Crippen LogP contribution in [0.3, 0.4) is 0 Å². The number of aromatic nitrogens is 2. The molecule has 2 aliphatic heterocycles. The van der Waals surface area contributed by atoms with E-state index in [9.17, 15) is 0 Å². The third kappa shape index (κ3) is 4.41. The van der Waals surface area contributed by atoms with E-state index in [0.717, 1.165) is 70.0 Å². The molecule has 6 heteroatoms. The first kappa shape index (κ1) is 23.2. The standard InChI is InChI=1S/C28H40N6/c1-20(2)32-13-15-33(16-14-32)25-7-5-23(6-8-25)24-17-26-28(30-21(3)31(26)4)27(18-24)34-11-9-22(19-29)10-12-34/h5-8,17-18,20,22H,9-16,19,29H2,1-4H3. The predicted molar refractivity (Wildman–Crippen MR) is 144 cm³/mol. The van der Waals surface area contributed by atoms with Crippen molar-refractivity contribution in [1.29, 1.82) is 0 Å². The molecule has 1 aromatic heterocycles. The van der Waals surface area contributed by atoms with Crippen molar-refractivity contribution >= 4 is 22.4 Å². The molecule has 0 radical (unpaired) electrons. The van der Waals surface area contributed by atoms with Gasteiger partial charge in [-0.15, -0.1) is 0 Å². The lowest BCUT2D eigenvalue weighted by atomic mass is 9.96. The van der Waals surface area contributed by atoms with Gasteiger partial charge in [0.2, 0.25) is 0 Å². The lowest BCUT2D eigenvalue weighted by Crippen LogP contribution is -2.48. The minimum atomic E-state index is 0.630. The van der Waals surface area contributed by atoms with Crippen molar-refractivity contribution in [2.75, 3.05) is 55.6 Å². The van der Waals surface area contributed by atoms with E-state index < -0.39 is 0 Å². The van der Waals surface area contributed by atoms with Crippen LogP contribution in [0, 0.1) is 12.8 Å². The molecule has 182 valence electrons. The second kappa shape index (κ2) is 9.59. The molecule has 0 amide bonds. The first-order valence-electron chi connectivity index (χ1n) is 13.0. The molecule has 0 aliphatic carbocycles. The quantitative estimate of drug-likeness (QED) is 0.617. The van der Waals surface area contributed by atoms with Gasteiger partial charge in [0, 0.05) is 58.0 Å². The summed E-state index contributed by atoms with van der Waals surface area (Å²) in [6, 6.07) is 14.5. The average molecular weight is 461 g/mol. The van der Waals surface area contributed by atoms with Gasteiger partial charge in [-0.3, -0.25) is 4.90 Å². The Bertz CT molecular complexity index is 1120. The first-order valence-corrected chi connectivity index (χ1v) is 13.0. The lowest BCUT2D eigenvalue weighted by Gasteiger charge is -2.38. The number of aryl methyl sites for hydroxylation is 2. The Hall–Kier alpha value is -2.57. The Labute approximate surface area is 204 Å². The summed E-state index contributed by atoms with van der Waals surface area (Å²) in [7, 11) is 2.12. The molecule has 2 fully saturated rings. The third-order valence-electron chi connectivity index (χ3n) is 8.09. The van der Waals surface area contributed by atoms with E-state index in [1.54, 1.807) is 0 Å². The second-order valence-electron chi connectivity index (χ2n) is 10.4. The van der Waals surface area contributed by atoms with Gasteiger partial charge in [0.1, 0.15) is 11.3 Å². The number of nitrogens with zero attached hydrogens (tertiary/aromatic N) is 5. The Kier molecular flexibility index (Phi) is 6.54. The highest BCUT2D eigenvalue weighted by Gasteiger charge is 2.23. The summed E-state index contributed by atoms with van der Waals surface area (Å²) in [5.74, 6) is 1.71. The number of imidazole rings is 1. The normalized spacial score (nSPS) is 18.4. The van der Waals surface area contributed by atoms with Gasteiger partial charge in [-0.05, 0) is 81.5 Å². The van der Waals surface area contributed by atoms with Crippen LogP contribution in [0.2, 0.25) is 0 Å². The van der Waals surface area contributed by atoms with Crippen molar-refractivity contribution in [3.8, 4) is 11.1 Å². The maximum absolute atomic E-state index is 5.95. The van der Waals surface area contributed by atoms with Crippen LogP contribution in [0.5, 0.6) is 0 Å². The molecular weight excluding hydrogens is 420 g/mol. The topological polar surface area (TPSA) is 53.6 Å². The summed E-state index contributed by atoms with van der Waals surface area (Å²) in [5, 5.41) is 0. The molecule has 0 saturated carbocycles. The Balaban J connectivity index is 1.43. The van der Waals surface area contributed by atoms with Crippen LogP contribution in [0.4, 0.5) is 11.4 Å². The summed E-state index contributed by atoms with van der Waals surface area (Å²) in [6.07, 6.45) is 2.32. The zero-order valence-corrected chi connectivity index (χ0v) is 21.3. The molecule has 0 unspecified atom stereocenters. The van der Waals surface area contributed by atoms with Gasteiger partial charge in [0.05, 0.1) is 11.2 Å². The van der Waals surface area contributed by atoms with E-state index in [0.29, 0.717) is 12.0 Å². The van der Waals surface area contributed by atoms with Crippen molar-refractivity contribution in [2.45, 2.75) is 39.7 Å². The summed E-state index contributed by atoms with van der Waals surface area (Å²) in [5.41, 5.74) is 13.4. The maximum atomic E-state index is 5.95. The molecule has 3 heterocycles. The van der Waals surface area contributed by atoms with Crippen molar-refractivity contribution in [3.63, 3.8) is 0 Å². The summed E-state index contributed by atoms with van der Waals surface area (Å²) >= 11 is 0. The number of benzene rings is 2. The van der Waals surface area contributed by atoms with E-state index in [4.69, 9.17) is 10.7 Å². The minimum Gasteiger partial charge on any atom is -0.370 e. The Morgan fingerprint density at radius 1 is 0.912 bits per heavy atom. The second-order valence-corrected chi connectivity index (χ2v) is 10.4. The SMILES string of the molecule is Cc1nc2c(N3CCC(CN)CC3)cc(-c3ccc(N4CCN(C(C)C)CC4)cc3)cc2n1C. The van der Waals surface area contributed by atoms with Crippen LogP contribution in [0.25, 0.3) is 22.2 Å². The Morgan fingerprint density at radius 2 is 1.59 bits per heavy atom. The number of nitrogens with two attached hydrogens (primary N) is 1. The van der Waals surface area contributed by atoms with Crippen LogP contribution >= 0.6 is 0 Å². The Morgan fingerprint density at radius 3 is 2.21 bits per heavy atom. The molecule has 0 spiro atoms. The van der Waals surface area contributed by atoms with E-state index in [1.807, 2.05) is 0 Å². The molecule has 5 rings (SSSR count). The maximum Gasteiger partial charge on any atom is 0.112 e. The average Bonchev–Trinajstić information content (AvgIpc) is 3.17. The highest BCUT2D eigenvalue weighted by molar-refractivity contribution is 5.94. The molecule has 0 bridgehead atoms. The van der Waals surface area contributed by atoms with Gasteiger partial charge in [0.25, 0.3) is 0 Å². The minimum absolute atomic E-state index is 0.630. The van der Waals surface area contributed by atoms with Gasteiger partial charge in [-0.25, -0.2) is 4.98 Å². The summed E-state index contributed by atoms with van der Waals surface area (Å²) < 4.78 is 2.22. The lowest BCUT2D eigenvalue weighted by molar-refractivity contribution is 0.209. The van der Waals surface area contributed by atoms with E-state index in [1.165, 1.54) is 28.0 Å². The number of hydrogen-bond donors (Lipinski definition) is 1. The summed E-state index contributed by atoms with van der Waals surface area (Å²) in [4.78, 5) is 12.5. The van der Waals surface area contributed by atoms with Gasteiger partial charge in [-0.1, -0.05) is 12.1 Å². The van der Waals surface area contributed by atoms with Crippen molar-refractivity contribution in [2.24, 2.45) is 18.7 Å². The molecule has 3 aromatic rings.